The summed E-state index contributed by atoms with van der Waals surface area (Å²) < 4.78 is 0. The highest BCUT2D eigenvalue weighted by atomic mass is 16.3. The summed E-state index contributed by atoms with van der Waals surface area (Å²) in [5, 5.41) is 8.92. The van der Waals surface area contributed by atoms with Crippen LogP contribution in [0.25, 0.3) is 0 Å². The molecule has 0 saturated carbocycles. The first-order valence-electron chi connectivity index (χ1n) is 3.63. The summed E-state index contributed by atoms with van der Waals surface area (Å²) in [5.74, 6) is -0.147. The van der Waals surface area contributed by atoms with Gasteiger partial charge in [-0.25, -0.2) is 0 Å². The number of carbonyl (C=O) groups excluding carboxylic acids is 1. The Hall–Kier alpha value is -0.610. The van der Waals surface area contributed by atoms with E-state index < -0.39 is 12.1 Å². The number of rotatable bonds is 3. The SMILES string of the molecule is CC(O)CN(C)C(=O)C(C)N. The smallest absolute Gasteiger partial charge is 0.239 e. The summed E-state index contributed by atoms with van der Waals surface area (Å²) in [6.07, 6.45) is -0.498. The predicted octanol–water partition coefficient (Wildman–Crippen LogP) is -0.827. The third-order valence-electron chi connectivity index (χ3n) is 1.30. The minimum absolute atomic E-state index is 0.147. The predicted molar refractivity (Wildman–Crippen MR) is 43.0 cm³/mol. The van der Waals surface area contributed by atoms with Crippen LogP contribution in [-0.2, 0) is 4.79 Å². The molecule has 0 radical (unpaired) electrons. The third kappa shape index (κ3) is 3.95. The van der Waals surface area contributed by atoms with Crippen molar-refractivity contribution in [1.82, 2.24) is 4.90 Å². The van der Waals surface area contributed by atoms with Crippen molar-refractivity contribution in [2.45, 2.75) is 26.0 Å². The summed E-state index contributed by atoms with van der Waals surface area (Å²) in [6.45, 7) is 3.59. The van der Waals surface area contributed by atoms with Crippen molar-refractivity contribution >= 4 is 5.91 Å². The van der Waals surface area contributed by atoms with E-state index in [0.717, 1.165) is 0 Å². The number of nitrogens with two attached hydrogens (primary N) is 1. The largest absolute Gasteiger partial charge is 0.392 e. The highest BCUT2D eigenvalue weighted by Gasteiger charge is 2.13. The second-order valence-corrected chi connectivity index (χ2v) is 2.86. The first-order valence-corrected chi connectivity index (χ1v) is 3.63. The van der Waals surface area contributed by atoms with Gasteiger partial charge >= 0.3 is 0 Å². The molecule has 0 aromatic carbocycles. The van der Waals surface area contributed by atoms with Crippen LogP contribution in [-0.4, -0.2) is 41.7 Å². The van der Waals surface area contributed by atoms with E-state index in [1.165, 1.54) is 4.90 Å². The lowest BCUT2D eigenvalue weighted by Crippen LogP contribution is -2.42. The summed E-state index contributed by atoms with van der Waals surface area (Å²) in [6, 6.07) is -0.487. The van der Waals surface area contributed by atoms with E-state index in [-0.39, 0.29) is 5.91 Å². The number of carbonyl (C=O) groups is 1. The molecule has 0 spiro atoms. The van der Waals surface area contributed by atoms with Gasteiger partial charge in [0.1, 0.15) is 0 Å². The monoisotopic (exact) mass is 160 g/mol. The Morgan fingerprint density at radius 3 is 2.36 bits per heavy atom. The van der Waals surface area contributed by atoms with Gasteiger partial charge in [0.05, 0.1) is 12.1 Å². The van der Waals surface area contributed by atoms with Crippen LogP contribution in [0.3, 0.4) is 0 Å². The Morgan fingerprint density at radius 1 is 1.64 bits per heavy atom. The Labute approximate surface area is 67.0 Å². The van der Waals surface area contributed by atoms with Crippen LogP contribution in [0.1, 0.15) is 13.8 Å². The van der Waals surface area contributed by atoms with Gasteiger partial charge in [-0.1, -0.05) is 0 Å². The number of amides is 1. The molecule has 4 heteroatoms. The minimum Gasteiger partial charge on any atom is -0.392 e. The first kappa shape index (κ1) is 10.4. The molecule has 0 aromatic rings. The van der Waals surface area contributed by atoms with Gasteiger partial charge in [0.25, 0.3) is 0 Å². The summed E-state index contributed by atoms with van der Waals surface area (Å²) in [7, 11) is 1.62. The molecule has 0 fully saturated rings. The average Bonchev–Trinajstić information content (AvgIpc) is 1.84. The lowest BCUT2D eigenvalue weighted by molar-refractivity contribution is -0.132. The van der Waals surface area contributed by atoms with E-state index in [9.17, 15) is 4.79 Å². The van der Waals surface area contributed by atoms with Gasteiger partial charge in [-0.2, -0.15) is 0 Å². The zero-order valence-corrected chi connectivity index (χ0v) is 7.24. The molecule has 0 aliphatic carbocycles. The van der Waals surface area contributed by atoms with Gasteiger partial charge in [-0.05, 0) is 13.8 Å². The molecule has 3 N–H and O–H groups in total. The molecule has 2 atom stereocenters. The minimum atomic E-state index is -0.498. The first-order chi connectivity index (χ1) is 4.95. The molecule has 0 rings (SSSR count). The number of aliphatic hydroxyl groups is 1. The van der Waals surface area contributed by atoms with Crippen molar-refractivity contribution in [1.29, 1.82) is 0 Å². The van der Waals surface area contributed by atoms with Crippen LogP contribution in [0.15, 0.2) is 0 Å². The molecular formula is C7H16N2O2. The highest BCUT2D eigenvalue weighted by molar-refractivity contribution is 5.80. The standard InChI is InChI=1S/C7H16N2O2/c1-5(10)4-9(3)7(11)6(2)8/h5-6,10H,4,8H2,1-3H3. The zero-order valence-electron chi connectivity index (χ0n) is 7.24. The Balaban J connectivity index is 3.83. The van der Waals surface area contributed by atoms with E-state index in [0.29, 0.717) is 6.54 Å². The van der Waals surface area contributed by atoms with Crippen LogP contribution in [0.4, 0.5) is 0 Å². The molecule has 2 unspecified atom stereocenters. The van der Waals surface area contributed by atoms with E-state index >= 15 is 0 Å². The molecule has 0 saturated heterocycles. The molecule has 0 aromatic heterocycles. The maximum Gasteiger partial charge on any atom is 0.239 e. The molecule has 0 aliphatic rings. The highest BCUT2D eigenvalue weighted by Crippen LogP contribution is 1.91. The zero-order chi connectivity index (χ0) is 9.02. The van der Waals surface area contributed by atoms with Crippen LogP contribution in [0, 0.1) is 0 Å². The van der Waals surface area contributed by atoms with E-state index in [2.05, 4.69) is 0 Å². The van der Waals surface area contributed by atoms with Crippen LogP contribution in [0.5, 0.6) is 0 Å². The van der Waals surface area contributed by atoms with Gasteiger partial charge in [0.2, 0.25) is 5.91 Å². The van der Waals surface area contributed by atoms with Gasteiger partial charge in [0, 0.05) is 13.6 Å². The van der Waals surface area contributed by atoms with E-state index in [1.54, 1.807) is 20.9 Å². The number of nitrogens with zero attached hydrogens (tertiary/aromatic N) is 1. The van der Waals surface area contributed by atoms with Gasteiger partial charge in [0.15, 0.2) is 0 Å². The Bertz CT molecular complexity index is 134. The van der Waals surface area contributed by atoms with Crippen molar-refractivity contribution in [3.05, 3.63) is 0 Å². The van der Waals surface area contributed by atoms with Crippen molar-refractivity contribution in [2.75, 3.05) is 13.6 Å². The molecule has 11 heavy (non-hydrogen) atoms. The summed E-state index contributed by atoms with van der Waals surface area (Å²) in [5.41, 5.74) is 5.34. The second-order valence-electron chi connectivity index (χ2n) is 2.86. The topological polar surface area (TPSA) is 66.6 Å². The van der Waals surface area contributed by atoms with Crippen LogP contribution in [0.2, 0.25) is 0 Å². The normalized spacial score (nSPS) is 15.7. The van der Waals surface area contributed by atoms with Crippen molar-refractivity contribution in [3.63, 3.8) is 0 Å². The molecular weight excluding hydrogens is 144 g/mol. The van der Waals surface area contributed by atoms with Crippen molar-refractivity contribution in [2.24, 2.45) is 5.73 Å². The number of aliphatic hydroxyl groups excluding tert-OH is 1. The molecule has 0 aliphatic heterocycles. The maximum absolute atomic E-state index is 11.1. The van der Waals surface area contributed by atoms with Gasteiger partial charge in [-0.3, -0.25) is 4.79 Å². The molecule has 0 bridgehead atoms. The second kappa shape index (κ2) is 4.31. The fourth-order valence-electron chi connectivity index (χ4n) is 0.834. The molecule has 0 heterocycles. The summed E-state index contributed by atoms with van der Waals surface area (Å²) >= 11 is 0. The van der Waals surface area contributed by atoms with E-state index in [4.69, 9.17) is 10.8 Å². The lowest BCUT2D eigenvalue weighted by atomic mass is 10.3. The molecule has 1 amide bonds. The number of likely N-dealkylation sites (N-methyl/N-ethyl adjacent to an activating group) is 1. The fourth-order valence-corrected chi connectivity index (χ4v) is 0.834. The number of hydrogen-bond donors (Lipinski definition) is 2. The van der Waals surface area contributed by atoms with Crippen molar-refractivity contribution < 1.29 is 9.90 Å². The van der Waals surface area contributed by atoms with Gasteiger partial charge in [-0.15, -0.1) is 0 Å². The van der Waals surface area contributed by atoms with Crippen LogP contribution >= 0.6 is 0 Å². The van der Waals surface area contributed by atoms with Crippen molar-refractivity contribution in [3.8, 4) is 0 Å². The Morgan fingerprint density at radius 2 is 2.09 bits per heavy atom. The number of hydrogen-bond acceptors (Lipinski definition) is 3. The lowest BCUT2D eigenvalue weighted by Gasteiger charge is -2.20. The molecule has 66 valence electrons. The van der Waals surface area contributed by atoms with Crippen LogP contribution < -0.4 is 5.73 Å². The maximum atomic E-state index is 11.1. The fraction of sp³-hybridized carbons (Fsp3) is 0.857. The van der Waals surface area contributed by atoms with E-state index in [1.807, 2.05) is 0 Å². The third-order valence-corrected chi connectivity index (χ3v) is 1.30. The summed E-state index contributed by atoms with van der Waals surface area (Å²) in [4.78, 5) is 12.5. The average molecular weight is 160 g/mol. The van der Waals surface area contributed by atoms with Gasteiger partial charge < -0.3 is 15.7 Å². The molecule has 4 nitrogen and oxygen atoms in total. The quantitative estimate of drug-likeness (QED) is 0.566. The Kier molecular flexibility index (Phi) is 4.07.